The third-order valence-electron chi connectivity index (χ3n) is 16.3. The van der Waals surface area contributed by atoms with Gasteiger partial charge in [-0.15, -0.1) is 0 Å². The molecular formula is C47H72O20. The molecule has 0 aromatic rings. The van der Waals surface area contributed by atoms with Gasteiger partial charge in [-0.25, -0.2) is 0 Å². The van der Waals surface area contributed by atoms with E-state index in [0.29, 0.717) is 32.3 Å². The molecule has 7 heterocycles. The minimum atomic E-state index is -1.60. The van der Waals surface area contributed by atoms with E-state index in [9.17, 15) is 35.4 Å². The molecule has 0 spiro atoms. The second-order valence-corrected chi connectivity index (χ2v) is 20.5. The molecule has 7 fully saturated rings. The normalized spacial score (nSPS) is 52.3. The number of hydrogen-bond acceptors (Lipinski definition) is 20. The molecule has 20 nitrogen and oxygen atoms in total. The van der Waals surface area contributed by atoms with E-state index in [2.05, 4.69) is 13.0 Å². The Labute approximate surface area is 390 Å². The second kappa shape index (κ2) is 19.9. The number of hydrogen-bond donors (Lipinski definition) is 6. The molecule has 67 heavy (non-hydrogen) atoms. The topological polar surface area (TPSA) is 258 Å². The summed E-state index contributed by atoms with van der Waals surface area (Å²) in [5.74, 6) is -1.52. The molecule has 380 valence electrons. The first-order valence-electron chi connectivity index (χ1n) is 24.2. The molecule has 0 bridgehead atoms. The summed E-state index contributed by atoms with van der Waals surface area (Å²) in [7, 11) is 3.08. The van der Waals surface area contributed by atoms with Crippen molar-refractivity contribution < 1.29 is 97.0 Å². The molecule has 6 saturated heterocycles. The largest absolute Gasteiger partial charge is 0.469 e. The van der Waals surface area contributed by atoms with Gasteiger partial charge in [0.05, 0.1) is 80.1 Å². The molecule has 0 aromatic carbocycles. The number of allylic oxidation sites excluding steroid dienone is 1. The van der Waals surface area contributed by atoms with Crippen LogP contribution in [0, 0.1) is 23.2 Å². The van der Waals surface area contributed by atoms with Crippen LogP contribution in [0.5, 0.6) is 0 Å². The van der Waals surface area contributed by atoms with E-state index in [1.807, 2.05) is 13.8 Å². The van der Waals surface area contributed by atoms with Gasteiger partial charge in [-0.05, 0) is 69.8 Å². The smallest absolute Gasteiger partial charge is 0.309 e. The van der Waals surface area contributed by atoms with Gasteiger partial charge in [-0.3, -0.25) is 4.79 Å². The lowest BCUT2D eigenvalue weighted by molar-refractivity contribution is -0.356. The first-order chi connectivity index (χ1) is 31.9. The van der Waals surface area contributed by atoms with Crippen LogP contribution in [0.1, 0.15) is 86.0 Å². The van der Waals surface area contributed by atoms with Crippen molar-refractivity contribution in [1.82, 2.24) is 0 Å². The summed E-state index contributed by atoms with van der Waals surface area (Å²) in [5.41, 5.74) is 1.84. The average Bonchev–Trinajstić information content (AvgIpc) is 3.81. The lowest BCUT2D eigenvalue weighted by Crippen LogP contribution is -2.62. The Morgan fingerprint density at radius 1 is 0.746 bits per heavy atom. The quantitative estimate of drug-likeness (QED) is 0.124. The van der Waals surface area contributed by atoms with Crippen molar-refractivity contribution in [2.75, 3.05) is 27.4 Å². The van der Waals surface area contributed by atoms with Gasteiger partial charge < -0.3 is 92.2 Å². The summed E-state index contributed by atoms with van der Waals surface area (Å²) in [6, 6.07) is 0. The fraction of sp³-hybridized carbons (Fsp3) is 0.894. The summed E-state index contributed by atoms with van der Waals surface area (Å²) >= 11 is 0. The van der Waals surface area contributed by atoms with Crippen molar-refractivity contribution in [3.05, 3.63) is 23.5 Å². The van der Waals surface area contributed by atoms with Crippen molar-refractivity contribution in [3.8, 4) is 0 Å². The highest BCUT2D eigenvalue weighted by Gasteiger charge is 2.59. The molecule has 0 radical (unpaired) electrons. The number of ether oxygens (including phenoxy) is 13. The van der Waals surface area contributed by atoms with Crippen LogP contribution in [0.15, 0.2) is 23.5 Å². The molecule has 0 aromatic heterocycles. The highest BCUT2D eigenvalue weighted by atomic mass is 16.8. The molecular weight excluding hydrogens is 884 g/mol. The third kappa shape index (κ3) is 9.51. The van der Waals surface area contributed by atoms with E-state index in [1.165, 1.54) is 12.7 Å². The van der Waals surface area contributed by atoms with E-state index in [4.69, 9.17) is 61.6 Å². The van der Waals surface area contributed by atoms with E-state index in [1.54, 1.807) is 27.2 Å². The van der Waals surface area contributed by atoms with Crippen LogP contribution in [0.25, 0.3) is 0 Å². The van der Waals surface area contributed by atoms with Crippen molar-refractivity contribution in [2.24, 2.45) is 23.2 Å². The second-order valence-electron chi connectivity index (χ2n) is 20.5. The van der Waals surface area contributed by atoms with Crippen LogP contribution in [0.4, 0.5) is 0 Å². The Morgan fingerprint density at radius 2 is 1.37 bits per heavy atom. The summed E-state index contributed by atoms with van der Waals surface area (Å²) in [6.07, 6.45) is -9.91. The Morgan fingerprint density at radius 3 is 2.03 bits per heavy atom. The van der Waals surface area contributed by atoms with Gasteiger partial charge in [-0.1, -0.05) is 18.6 Å². The molecule has 25 atom stereocenters. The first kappa shape index (κ1) is 50.0. The summed E-state index contributed by atoms with van der Waals surface area (Å²) in [5, 5.41) is 63.8. The molecule has 9 aliphatic rings. The standard InChI is InChI=1S/C47H72O20/c1-20-41(65-36-15-31(56-7)43(22(3)61-36)67-45-40(53)39(52)38(51)32(17-48)64-45)27(49)13-34(59-20)66-42-21(2)60-35(14-30(42)55-6)62-29-12-24-9-10-25-26(46(24,4)16-28(29)50)11-8-23-18-57-47(5)37(23)33(19-58-47)63-44(25)54/h9,18,20-22,25-43,45,48-53H,8,10-17,19H2,1-7H3/t20-,21-,22+,25-,26+,27+,28-,29-,30+,31-,32-,33-,34+,35+,36+,37-,38-,39+,40-,41-,42-,43+,45+,46+,47+/m1/s1. The summed E-state index contributed by atoms with van der Waals surface area (Å²) < 4.78 is 79.5. The van der Waals surface area contributed by atoms with Gasteiger partial charge in [0, 0.05) is 40.4 Å². The average molecular weight is 957 g/mol. The fourth-order valence-electron chi connectivity index (χ4n) is 12.6. The van der Waals surface area contributed by atoms with Crippen LogP contribution >= 0.6 is 0 Å². The predicted molar refractivity (Wildman–Crippen MR) is 227 cm³/mol. The van der Waals surface area contributed by atoms with Gasteiger partial charge in [0.15, 0.2) is 25.2 Å². The maximum absolute atomic E-state index is 13.8. The van der Waals surface area contributed by atoms with Crippen LogP contribution in [0.3, 0.4) is 0 Å². The van der Waals surface area contributed by atoms with Crippen molar-refractivity contribution >= 4 is 5.97 Å². The van der Waals surface area contributed by atoms with Gasteiger partial charge >= 0.3 is 5.97 Å². The molecule has 6 N–H and O–H groups in total. The van der Waals surface area contributed by atoms with E-state index < -0.39 is 135 Å². The van der Waals surface area contributed by atoms with Crippen LogP contribution in [-0.4, -0.2) is 193 Å². The zero-order chi connectivity index (χ0) is 47.7. The number of methoxy groups -OCH3 is 2. The monoisotopic (exact) mass is 956 g/mol. The van der Waals surface area contributed by atoms with E-state index in [0.717, 1.165) is 18.4 Å². The Hall–Kier alpha value is -1.93. The number of esters is 1. The number of rotatable bonds is 11. The molecule has 1 saturated carbocycles. The number of fused-ring (bicyclic) bond motifs is 3. The van der Waals surface area contributed by atoms with Crippen molar-refractivity contribution in [3.63, 3.8) is 0 Å². The Bertz CT molecular complexity index is 1790. The first-order valence-corrected chi connectivity index (χ1v) is 24.2. The number of aliphatic hydroxyl groups is 6. The van der Waals surface area contributed by atoms with E-state index in [-0.39, 0.29) is 42.7 Å². The lowest BCUT2D eigenvalue weighted by Gasteiger charge is -2.52. The zero-order valence-electron chi connectivity index (χ0n) is 39.4. The zero-order valence-corrected chi connectivity index (χ0v) is 39.4. The van der Waals surface area contributed by atoms with Crippen LogP contribution in [-0.2, 0) is 66.4 Å². The molecule has 20 heteroatoms. The number of carbonyl (C=O) groups is 1. The van der Waals surface area contributed by atoms with Gasteiger partial charge in [0.2, 0.25) is 5.79 Å². The molecule has 9 rings (SSSR count). The summed E-state index contributed by atoms with van der Waals surface area (Å²) in [4.78, 5) is 13.8. The number of aliphatic hydroxyl groups excluding tert-OH is 6. The van der Waals surface area contributed by atoms with Gasteiger partial charge in [-0.2, -0.15) is 0 Å². The highest BCUT2D eigenvalue weighted by molar-refractivity contribution is 5.74. The summed E-state index contributed by atoms with van der Waals surface area (Å²) in [6.45, 7) is 9.14. The van der Waals surface area contributed by atoms with Crippen molar-refractivity contribution in [1.29, 1.82) is 0 Å². The van der Waals surface area contributed by atoms with E-state index >= 15 is 0 Å². The fourth-order valence-corrected chi connectivity index (χ4v) is 12.6. The highest BCUT2D eigenvalue weighted by Crippen LogP contribution is 2.57. The third-order valence-corrected chi connectivity index (χ3v) is 16.3. The SMILES string of the molecule is CO[C@H]1C[C@H](O[C@@H]2CC3=CC[C@H]4C(=O)O[C@@H]5CO[C@]6(C)OC=C(CC[C@@H]4[C@@]3(C)C[C@H]2O)[C@H]56)O[C@H](C)[C@H]1O[C@H]1C[C@H](O)[C@H](O[C@H]2C[C@@H](OC)[C@@H](O[C@@H]3O[C@H](CO)[C@@H](O)[C@H](O)[C@H]3O)[C@H](C)O2)[C@@H](C)O1. The number of carbonyl (C=O) groups excluding carboxylic acids is 1. The molecule has 0 unspecified atom stereocenters. The van der Waals surface area contributed by atoms with Crippen LogP contribution < -0.4 is 0 Å². The molecule has 7 aliphatic heterocycles. The molecule has 2 aliphatic carbocycles. The molecule has 0 amide bonds. The maximum Gasteiger partial charge on any atom is 0.309 e. The predicted octanol–water partition coefficient (Wildman–Crippen LogP) is 0.829. The maximum atomic E-state index is 13.8. The Balaban J connectivity index is 0.768. The minimum absolute atomic E-state index is 0.0362. The Kier molecular flexibility index (Phi) is 14.9. The van der Waals surface area contributed by atoms with Crippen molar-refractivity contribution in [2.45, 2.75) is 215 Å². The van der Waals surface area contributed by atoms with Crippen LogP contribution in [0.2, 0.25) is 0 Å². The van der Waals surface area contributed by atoms with Gasteiger partial charge in [0.1, 0.15) is 48.8 Å². The lowest BCUT2D eigenvalue weighted by atomic mass is 9.55. The minimum Gasteiger partial charge on any atom is -0.469 e. The van der Waals surface area contributed by atoms with Gasteiger partial charge in [0.25, 0.3) is 0 Å².